The Hall–Kier alpha value is -2.48. The molecule has 0 fully saturated rings. The van der Waals surface area contributed by atoms with Crippen molar-refractivity contribution in [2.75, 3.05) is 0 Å². The van der Waals surface area contributed by atoms with Gasteiger partial charge in [0.2, 0.25) is 10.0 Å². The van der Waals surface area contributed by atoms with E-state index in [4.69, 9.17) is 16.7 Å². The van der Waals surface area contributed by atoms with Crippen LogP contribution in [0.5, 0.6) is 0 Å². The third-order valence-corrected chi connectivity index (χ3v) is 5.20. The number of carbonyl (C=O) groups excluding carboxylic acids is 1. The largest absolute Gasteiger partial charge is 0.292 e. The zero-order chi connectivity index (χ0) is 19.6. The van der Waals surface area contributed by atoms with Crippen LogP contribution in [0.3, 0.4) is 0 Å². The predicted molar refractivity (Wildman–Crippen MR) is 105 cm³/mol. The first-order chi connectivity index (χ1) is 12.8. The van der Waals surface area contributed by atoms with Gasteiger partial charge < -0.3 is 0 Å². The molecule has 0 aliphatic carbocycles. The van der Waals surface area contributed by atoms with Gasteiger partial charge in [-0.25, -0.2) is 18.2 Å². The smallest absolute Gasteiger partial charge is 0.238 e. The fraction of sp³-hybridized carbons (Fsp3) is 0.158. The Kier molecular flexibility index (Phi) is 5.46. The molecule has 0 unspecified atom stereocenters. The number of hydrogen-bond acceptors (Lipinski definition) is 4. The molecule has 2 aromatic carbocycles. The van der Waals surface area contributed by atoms with Gasteiger partial charge in [0.05, 0.1) is 16.3 Å². The van der Waals surface area contributed by atoms with E-state index in [9.17, 15) is 13.2 Å². The average Bonchev–Trinajstić information content (AvgIpc) is 3.07. The number of carbonyl (C=O) groups is 1. The molecule has 0 atom stereocenters. The van der Waals surface area contributed by atoms with Crippen molar-refractivity contribution in [1.29, 1.82) is 0 Å². The van der Waals surface area contributed by atoms with E-state index in [1.807, 2.05) is 6.92 Å². The molecule has 0 radical (unpaired) electrons. The van der Waals surface area contributed by atoms with Gasteiger partial charge in [0.1, 0.15) is 5.69 Å². The highest BCUT2D eigenvalue weighted by Crippen LogP contribution is 2.24. The maximum absolute atomic E-state index is 12.6. The molecular formula is C19H18ClN3O3S. The Labute approximate surface area is 162 Å². The molecule has 0 saturated carbocycles. The van der Waals surface area contributed by atoms with E-state index in [2.05, 4.69) is 5.10 Å². The third kappa shape index (κ3) is 4.27. The minimum absolute atomic E-state index is 0.0191. The van der Waals surface area contributed by atoms with Gasteiger partial charge >= 0.3 is 0 Å². The van der Waals surface area contributed by atoms with E-state index in [-0.39, 0.29) is 10.7 Å². The molecule has 140 valence electrons. The number of Topliss-reactive ketones (excluding diaryl/α,β-unsaturated/α-hetero) is 1. The van der Waals surface area contributed by atoms with Gasteiger partial charge in [-0.15, -0.1) is 0 Å². The summed E-state index contributed by atoms with van der Waals surface area (Å²) < 4.78 is 24.4. The van der Waals surface area contributed by atoms with Crippen LogP contribution in [0, 0.1) is 0 Å². The van der Waals surface area contributed by atoms with Gasteiger partial charge in [0.25, 0.3) is 0 Å². The Morgan fingerprint density at radius 2 is 1.74 bits per heavy atom. The Balaban J connectivity index is 2.08. The molecule has 0 spiro atoms. The normalized spacial score (nSPS) is 11.5. The van der Waals surface area contributed by atoms with E-state index in [0.717, 1.165) is 6.42 Å². The summed E-state index contributed by atoms with van der Waals surface area (Å²) in [5, 5.41) is 10.3. The van der Waals surface area contributed by atoms with E-state index in [0.29, 0.717) is 34.1 Å². The van der Waals surface area contributed by atoms with Crippen molar-refractivity contribution in [2.24, 2.45) is 5.14 Å². The minimum Gasteiger partial charge on any atom is -0.292 e. The van der Waals surface area contributed by atoms with Gasteiger partial charge in [-0.05, 0) is 48.9 Å². The second kappa shape index (κ2) is 7.64. The second-order valence-corrected chi connectivity index (χ2v) is 8.04. The number of nitrogens with two attached hydrogens (primary N) is 1. The van der Waals surface area contributed by atoms with E-state index < -0.39 is 10.0 Å². The van der Waals surface area contributed by atoms with Crippen LogP contribution in [-0.4, -0.2) is 24.0 Å². The highest BCUT2D eigenvalue weighted by molar-refractivity contribution is 7.89. The van der Waals surface area contributed by atoms with Crippen LogP contribution in [0.4, 0.5) is 0 Å². The summed E-state index contributed by atoms with van der Waals surface area (Å²) in [5.41, 5.74) is 2.42. The lowest BCUT2D eigenvalue weighted by Crippen LogP contribution is -2.11. The van der Waals surface area contributed by atoms with Crippen molar-refractivity contribution in [1.82, 2.24) is 9.78 Å². The molecule has 8 heteroatoms. The highest BCUT2D eigenvalue weighted by atomic mass is 35.5. The van der Waals surface area contributed by atoms with Crippen LogP contribution in [0.15, 0.2) is 59.5 Å². The summed E-state index contributed by atoms with van der Waals surface area (Å²) >= 11 is 5.95. The summed E-state index contributed by atoms with van der Waals surface area (Å²) in [4.78, 5) is 12.6. The summed E-state index contributed by atoms with van der Waals surface area (Å²) in [5.74, 6) is -0.0210. The molecule has 3 rings (SSSR count). The summed E-state index contributed by atoms with van der Waals surface area (Å²) in [7, 11) is -3.76. The SMILES string of the molecule is CCCC(=O)c1cc(-c2ccc(S(N)(=O)=O)cc2)nn1-c1ccc(Cl)cc1. The van der Waals surface area contributed by atoms with Gasteiger partial charge in [0, 0.05) is 17.0 Å². The first-order valence-electron chi connectivity index (χ1n) is 8.32. The molecule has 2 N–H and O–H groups in total. The number of ketones is 1. The first kappa shape index (κ1) is 19.3. The third-order valence-electron chi connectivity index (χ3n) is 4.02. The van der Waals surface area contributed by atoms with Crippen LogP contribution >= 0.6 is 11.6 Å². The summed E-state index contributed by atoms with van der Waals surface area (Å²) in [6.45, 7) is 1.94. The topological polar surface area (TPSA) is 95.1 Å². The second-order valence-electron chi connectivity index (χ2n) is 6.05. The predicted octanol–water partition coefficient (Wildman–Crippen LogP) is 3.82. The molecule has 6 nitrogen and oxygen atoms in total. The maximum Gasteiger partial charge on any atom is 0.238 e. The minimum atomic E-state index is -3.76. The average molecular weight is 404 g/mol. The van der Waals surface area contributed by atoms with Crippen molar-refractivity contribution < 1.29 is 13.2 Å². The van der Waals surface area contributed by atoms with Crippen molar-refractivity contribution in [3.05, 3.63) is 65.3 Å². The van der Waals surface area contributed by atoms with Crippen LogP contribution < -0.4 is 5.14 Å². The number of nitrogens with zero attached hydrogens (tertiary/aromatic N) is 2. The van der Waals surface area contributed by atoms with E-state index in [1.54, 1.807) is 47.1 Å². The number of halogens is 1. The standard InChI is InChI=1S/C19H18ClN3O3S/c1-2-3-19(24)18-12-17(13-4-10-16(11-5-13)27(21,25)26)22-23(18)15-8-6-14(20)7-9-15/h4-12H,2-3H2,1H3,(H2,21,25,26). The quantitative estimate of drug-likeness (QED) is 0.633. The lowest BCUT2D eigenvalue weighted by molar-refractivity contribution is 0.0974. The number of benzene rings is 2. The van der Waals surface area contributed by atoms with Crippen LogP contribution in [0.25, 0.3) is 16.9 Å². The summed E-state index contributed by atoms with van der Waals surface area (Å²) in [6, 6.07) is 14.8. The molecule has 0 amide bonds. The molecule has 0 saturated heterocycles. The monoisotopic (exact) mass is 403 g/mol. The lowest BCUT2D eigenvalue weighted by Gasteiger charge is -2.06. The van der Waals surface area contributed by atoms with Gasteiger partial charge in [0.15, 0.2) is 5.78 Å². The van der Waals surface area contributed by atoms with Crippen molar-refractivity contribution in [2.45, 2.75) is 24.7 Å². The van der Waals surface area contributed by atoms with Crippen molar-refractivity contribution in [3.63, 3.8) is 0 Å². The number of hydrogen-bond donors (Lipinski definition) is 1. The van der Waals surface area contributed by atoms with Gasteiger partial charge in [-0.2, -0.15) is 5.10 Å². The number of rotatable bonds is 6. The van der Waals surface area contributed by atoms with Crippen LogP contribution in [-0.2, 0) is 10.0 Å². The lowest BCUT2D eigenvalue weighted by atomic mass is 10.1. The Morgan fingerprint density at radius 3 is 2.30 bits per heavy atom. The number of sulfonamides is 1. The zero-order valence-electron chi connectivity index (χ0n) is 14.6. The van der Waals surface area contributed by atoms with Crippen LogP contribution in [0.2, 0.25) is 5.02 Å². The molecule has 0 aliphatic heterocycles. The highest BCUT2D eigenvalue weighted by Gasteiger charge is 2.17. The van der Waals surface area contributed by atoms with Crippen LogP contribution in [0.1, 0.15) is 30.3 Å². The van der Waals surface area contributed by atoms with Crippen molar-refractivity contribution in [3.8, 4) is 16.9 Å². The molecule has 1 heterocycles. The molecule has 1 aromatic heterocycles. The zero-order valence-corrected chi connectivity index (χ0v) is 16.2. The fourth-order valence-electron chi connectivity index (χ4n) is 2.67. The molecule has 0 aliphatic rings. The maximum atomic E-state index is 12.6. The molecule has 0 bridgehead atoms. The van der Waals surface area contributed by atoms with Gasteiger partial charge in [-0.3, -0.25) is 4.79 Å². The Bertz CT molecular complexity index is 1070. The van der Waals surface area contributed by atoms with E-state index in [1.165, 1.54) is 12.1 Å². The number of aromatic nitrogens is 2. The van der Waals surface area contributed by atoms with Crippen molar-refractivity contribution >= 4 is 27.4 Å². The summed E-state index contributed by atoms with van der Waals surface area (Å²) in [6.07, 6.45) is 1.13. The van der Waals surface area contributed by atoms with E-state index >= 15 is 0 Å². The van der Waals surface area contributed by atoms with Gasteiger partial charge in [-0.1, -0.05) is 30.7 Å². The fourth-order valence-corrected chi connectivity index (χ4v) is 3.31. The first-order valence-corrected chi connectivity index (χ1v) is 10.2. The molecule has 3 aromatic rings. The molecular weight excluding hydrogens is 386 g/mol. The molecule has 27 heavy (non-hydrogen) atoms. The number of primary sulfonamides is 1. The Morgan fingerprint density at radius 1 is 1.11 bits per heavy atom.